The summed E-state index contributed by atoms with van der Waals surface area (Å²) in [4.78, 5) is 84.6. The Kier molecular flexibility index (Phi) is 11.7. The number of aromatic amines is 2. The summed E-state index contributed by atoms with van der Waals surface area (Å²) in [6, 6.07) is 10.8. The number of methoxy groups -OCH3 is 2. The van der Waals surface area contributed by atoms with E-state index in [-0.39, 0.29) is 47.6 Å². The van der Waals surface area contributed by atoms with Gasteiger partial charge in [0.2, 0.25) is 11.8 Å². The van der Waals surface area contributed by atoms with Crippen LogP contribution in [-0.4, -0.2) is 98.9 Å². The van der Waals surface area contributed by atoms with Crippen molar-refractivity contribution in [2.24, 2.45) is 17.8 Å². The minimum Gasteiger partial charge on any atom is -0.453 e. The number of likely N-dealkylation sites (tertiary alicyclic amines) is 2. The van der Waals surface area contributed by atoms with E-state index in [2.05, 4.69) is 57.0 Å². The molecule has 2 aromatic carbocycles. The fraction of sp³-hybridized carbons (Fsp3) is 0.500. The first-order valence-electron chi connectivity index (χ1n) is 21.5. The van der Waals surface area contributed by atoms with Gasteiger partial charge in [-0.15, -0.1) is 0 Å². The molecule has 15 heteroatoms. The Bertz CT molecular complexity index is 2320. The number of benzene rings is 2. The minimum absolute atomic E-state index is 0.121. The molecule has 2 saturated heterocycles. The van der Waals surface area contributed by atoms with E-state index >= 15 is 0 Å². The molecule has 4 amide bonds. The first-order chi connectivity index (χ1) is 29.4. The number of ketones is 1. The third-order valence-electron chi connectivity index (χ3n) is 13.2. The second kappa shape index (κ2) is 17.2. The molecule has 2 aliphatic carbocycles. The van der Waals surface area contributed by atoms with Crippen LogP contribution in [0.25, 0.3) is 33.6 Å². The van der Waals surface area contributed by atoms with Crippen LogP contribution in [0, 0.1) is 17.8 Å². The van der Waals surface area contributed by atoms with Gasteiger partial charge in [0.05, 0.1) is 50.1 Å². The van der Waals surface area contributed by atoms with Gasteiger partial charge in [0, 0.05) is 31.5 Å². The largest absolute Gasteiger partial charge is 0.453 e. The van der Waals surface area contributed by atoms with E-state index in [1.54, 1.807) is 6.20 Å². The third kappa shape index (κ3) is 8.02. The number of aromatic nitrogens is 4. The Morgan fingerprint density at radius 2 is 1.20 bits per heavy atom. The van der Waals surface area contributed by atoms with Gasteiger partial charge in [-0.1, -0.05) is 64.1 Å². The summed E-state index contributed by atoms with van der Waals surface area (Å²) in [6.45, 7) is 8.75. The molecule has 8 rings (SSSR count). The molecular weight excluding hydrogens is 777 g/mol. The lowest BCUT2D eigenvalue weighted by molar-refractivity contribution is -0.136. The fourth-order valence-electron chi connectivity index (χ4n) is 10.1. The summed E-state index contributed by atoms with van der Waals surface area (Å²) < 4.78 is 9.58. The van der Waals surface area contributed by atoms with Gasteiger partial charge in [-0.25, -0.2) is 19.6 Å². The standard InChI is InChI=1S/C46H56N8O7/c1-24(2)39(51-45(58)60-5)43(56)53-17-7-9-36(53)41-47-22-34(49-41)27-13-11-26(12-14-27)30-15-16-31(33-20-28-19-29(55)21-32(28)38(30)33)35-23-48-42(50-35)37-10-8-18-54(37)44(57)40(25(3)4)52-46(59)61-6/h11-16,22-25,28,32,36-37,39-40H,7-10,17-21H2,1-6H3,(H,47,49)(H,48,50)(H,51,58)(H,52,59)/t28?,32?,36-,37-,39-,40-/m0/s1. The van der Waals surface area contributed by atoms with Crippen molar-refractivity contribution in [3.8, 4) is 33.6 Å². The maximum absolute atomic E-state index is 13.8. The first-order valence-corrected chi connectivity index (χ1v) is 21.5. The number of carbonyl (C=O) groups excluding carboxylic acids is 5. The molecule has 4 heterocycles. The zero-order valence-electron chi connectivity index (χ0n) is 35.7. The predicted molar refractivity (Wildman–Crippen MR) is 227 cm³/mol. The minimum atomic E-state index is -0.714. The number of alkyl carbamates (subject to hydrolysis) is 2. The van der Waals surface area contributed by atoms with E-state index < -0.39 is 24.3 Å². The molecular formula is C46H56N8O7. The lowest BCUT2D eigenvalue weighted by Gasteiger charge is -2.30. The van der Waals surface area contributed by atoms with Gasteiger partial charge in [-0.05, 0) is 83.6 Å². The van der Waals surface area contributed by atoms with Crippen molar-refractivity contribution in [1.82, 2.24) is 40.4 Å². The molecule has 2 aliphatic heterocycles. The number of carbonyl (C=O) groups is 5. The van der Waals surface area contributed by atoms with E-state index in [4.69, 9.17) is 19.4 Å². The molecule has 4 N–H and O–H groups in total. The molecule has 6 atom stereocenters. The van der Waals surface area contributed by atoms with Crippen LogP contribution in [0.3, 0.4) is 0 Å². The number of amides is 4. The highest BCUT2D eigenvalue weighted by atomic mass is 16.5. The molecule has 1 saturated carbocycles. The lowest BCUT2D eigenvalue weighted by atomic mass is 9.87. The number of Topliss-reactive ketones (excluding diaryl/α,β-unsaturated/α-hetero) is 1. The average molecular weight is 833 g/mol. The van der Waals surface area contributed by atoms with Gasteiger partial charge >= 0.3 is 12.2 Å². The van der Waals surface area contributed by atoms with Crippen molar-refractivity contribution in [1.29, 1.82) is 0 Å². The van der Waals surface area contributed by atoms with E-state index in [0.717, 1.165) is 65.7 Å². The second-order valence-electron chi connectivity index (χ2n) is 17.6. The number of imidazole rings is 2. The Balaban J connectivity index is 1.04. The van der Waals surface area contributed by atoms with Crippen LogP contribution in [0.1, 0.15) is 107 Å². The molecule has 4 aromatic rings. The Labute approximate surface area is 355 Å². The van der Waals surface area contributed by atoms with Crippen molar-refractivity contribution in [3.05, 3.63) is 71.6 Å². The summed E-state index contributed by atoms with van der Waals surface area (Å²) in [6.07, 6.45) is 7.49. The zero-order chi connectivity index (χ0) is 43.1. The van der Waals surface area contributed by atoms with E-state index in [0.29, 0.717) is 43.4 Å². The molecule has 15 nitrogen and oxygen atoms in total. The van der Waals surface area contributed by atoms with Crippen molar-refractivity contribution >= 4 is 29.8 Å². The smallest absolute Gasteiger partial charge is 0.407 e. The molecule has 322 valence electrons. The van der Waals surface area contributed by atoms with E-state index in [1.807, 2.05) is 43.7 Å². The monoisotopic (exact) mass is 832 g/mol. The highest BCUT2D eigenvalue weighted by Crippen LogP contribution is 2.53. The molecule has 2 unspecified atom stereocenters. The van der Waals surface area contributed by atoms with Gasteiger partial charge in [-0.3, -0.25) is 14.4 Å². The van der Waals surface area contributed by atoms with Crippen LogP contribution >= 0.6 is 0 Å². The van der Waals surface area contributed by atoms with Crippen LogP contribution in [0.5, 0.6) is 0 Å². The maximum atomic E-state index is 13.8. The molecule has 4 aliphatic rings. The molecule has 0 bridgehead atoms. The van der Waals surface area contributed by atoms with Gasteiger partial charge in [-0.2, -0.15) is 0 Å². The SMILES string of the molecule is COC(=O)N[C@H](C(=O)N1CCC[C@H]1c1ncc(-c2ccc(-c3ccc(-c4cnc([C@@H]5CCCN5C(=O)[C@@H](NC(=O)OC)C(C)C)[nH]4)c4c3C3CC(=O)CC3C4)cc2)[nH]1)C(C)C. The van der Waals surface area contributed by atoms with E-state index in [9.17, 15) is 24.0 Å². The molecule has 2 aromatic heterocycles. The lowest BCUT2D eigenvalue weighted by Crippen LogP contribution is -2.51. The Morgan fingerprint density at radius 1 is 0.689 bits per heavy atom. The summed E-state index contributed by atoms with van der Waals surface area (Å²) in [5.74, 6) is 1.57. The molecule has 0 radical (unpaired) electrons. The topological polar surface area (TPSA) is 192 Å². The second-order valence-corrected chi connectivity index (χ2v) is 17.6. The van der Waals surface area contributed by atoms with Gasteiger partial charge in [0.25, 0.3) is 0 Å². The summed E-state index contributed by atoms with van der Waals surface area (Å²) in [7, 11) is 2.58. The van der Waals surface area contributed by atoms with Crippen LogP contribution in [0.4, 0.5) is 9.59 Å². The number of H-pyrrole nitrogens is 2. The number of rotatable bonds is 11. The number of nitrogens with zero attached hydrogens (tertiary/aromatic N) is 4. The number of ether oxygens (including phenoxy) is 2. The first kappa shape index (κ1) is 41.7. The van der Waals surface area contributed by atoms with Gasteiger partial charge in [0.1, 0.15) is 29.5 Å². The van der Waals surface area contributed by atoms with Crippen LogP contribution in [0.2, 0.25) is 0 Å². The highest BCUT2D eigenvalue weighted by Gasteiger charge is 2.44. The van der Waals surface area contributed by atoms with Crippen LogP contribution < -0.4 is 10.6 Å². The third-order valence-corrected chi connectivity index (χ3v) is 13.2. The summed E-state index contributed by atoms with van der Waals surface area (Å²) >= 11 is 0. The van der Waals surface area contributed by atoms with Crippen molar-refractivity contribution in [2.75, 3.05) is 27.3 Å². The number of hydrogen-bond acceptors (Lipinski definition) is 9. The Morgan fingerprint density at radius 3 is 1.74 bits per heavy atom. The Hall–Kier alpha value is -5.99. The van der Waals surface area contributed by atoms with Crippen molar-refractivity contribution < 1.29 is 33.4 Å². The zero-order valence-corrected chi connectivity index (χ0v) is 35.7. The van der Waals surface area contributed by atoms with Crippen LogP contribution in [0.15, 0.2) is 48.8 Å². The summed E-state index contributed by atoms with van der Waals surface area (Å²) in [5, 5.41) is 5.42. The maximum Gasteiger partial charge on any atom is 0.407 e. The van der Waals surface area contributed by atoms with Crippen LogP contribution in [-0.2, 0) is 30.3 Å². The van der Waals surface area contributed by atoms with Gasteiger partial charge in [0.15, 0.2) is 0 Å². The normalized spacial score (nSPS) is 21.7. The van der Waals surface area contributed by atoms with E-state index in [1.165, 1.54) is 25.3 Å². The summed E-state index contributed by atoms with van der Waals surface area (Å²) in [5.41, 5.74) is 8.36. The number of hydrogen-bond donors (Lipinski definition) is 4. The highest BCUT2D eigenvalue weighted by molar-refractivity contribution is 5.88. The van der Waals surface area contributed by atoms with Crippen molar-refractivity contribution in [2.45, 2.75) is 103 Å². The predicted octanol–water partition coefficient (Wildman–Crippen LogP) is 6.84. The molecule has 0 spiro atoms. The average Bonchev–Trinajstić information content (AvgIpc) is 4.11. The fourth-order valence-corrected chi connectivity index (χ4v) is 10.1. The van der Waals surface area contributed by atoms with Crippen molar-refractivity contribution in [3.63, 3.8) is 0 Å². The number of fused-ring (bicyclic) bond motifs is 3. The van der Waals surface area contributed by atoms with Gasteiger partial charge < -0.3 is 39.9 Å². The molecule has 3 fully saturated rings. The number of nitrogens with one attached hydrogen (secondary N) is 4. The molecule has 61 heavy (non-hydrogen) atoms. The quantitative estimate of drug-likeness (QED) is 0.125.